The zero-order valence-corrected chi connectivity index (χ0v) is 21.1. The monoisotopic (exact) mass is 464 g/mol. The molecule has 2 aromatic carbocycles. The van der Waals surface area contributed by atoms with Gasteiger partial charge in [0.2, 0.25) is 0 Å². The van der Waals surface area contributed by atoms with Gasteiger partial charge in [-0.15, -0.1) is 0 Å². The topological polar surface area (TPSA) is 51.4 Å². The molecule has 0 fully saturated rings. The summed E-state index contributed by atoms with van der Waals surface area (Å²) in [6, 6.07) is 16.5. The number of hydrogen-bond acceptors (Lipinski definition) is 3. The van der Waals surface area contributed by atoms with E-state index >= 15 is 0 Å². The number of likely N-dealkylation sites (N-methyl/N-ethyl adjacent to an activating group) is 1. The van der Waals surface area contributed by atoms with Crippen molar-refractivity contribution >= 4 is 33.9 Å². The Bertz CT molecular complexity index is 1140. The number of nitrogens with zero attached hydrogens (tertiary/aromatic N) is 2. The lowest BCUT2D eigenvalue weighted by molar-refractivity contribution is 0.266. The van der Waals surface area contributed by atoms with Crippen molar-refractivity contribution in [2.45, 2.75) is 47.1 Å². The molecule has 0 aliphatic heterocycles. The van der Waals surface area contributed by atoms with E-state index in [1.807, 2.05) is 24.3 Å². The SMILES string of the molecule is CCc1ccc2[nH]c(=O)c(CN(CCN(CC)CC)C(=S)Nc3ccccc3CC)cc2c1. The van der Waals surface area contributed by atoms with Crippen LogP contribution in [0.5, 0.6) is 0 Å². The molecule has 0 spiro atoms. The Balaban J connectivity index is 1.89. The molecule has 5 nitrogen and oxygen atoms in total. The maximum Gasteiger partial charge on any atom is 0.253 e. The van der Waals surface area contributed by atoms with Crippen LogP contribution in [0.2, 0.25) is 0 Å². The minimum atomic E-state index is -0.0589. The van der Waals surface area contributed by atoms with Crippen LogP contribution in [0.25, 0.3) is 10.9 Å². The maximum absolute atomic E-state index is 12.9. The van der Waals surface area contributed by atoms with Gasteiger partial charge >= 0.3 is 0 Å². The summed E-state index contributed by atoms with van der Waals surface area (Å²) in [7, 11) is 0. The third-order valence-electron chi connectivity index (χ3n) is 6.26. The van der Waals surface area contributed by atoms with Crippen molar-refractivity contribution < 1.29 is 0 Å². The number of fused-ring (bicyclic) bond motifs is 1. The number of aromatic nitrogens is 1. The Kier molecular flexibility index (Phi) is 9.03. The van der Waals surface area contributed by atoms with Crippen molar-refractivity contribution in [3.05, 3.63) is 75.6 Å². The molecule has 0 amide bonds. The second-order valence-electron chi connectivity index (χ2n) is 8.29. The number of thiocarbonyl (C=S) groups is 1. The number of anilines is 1. The van der Waals surface area contributed by atoms with Crippen LogP contribution < -0.4 is 10.9 Å². The van der Waals surface area contributed by atoms with Crippen LogP contribution in [0, 0.1) is 0 Å². The lowest BCUT2D eigenvalue weighted by Crippen LogP contribution is -2.41. The van der Waals surface area contributed by atoms with E-state index < -0.39 is 0 Å². The van der Waals surface area contributed by atoms with E-state index in [-0.39, 0.29) is 5.56 Å². The zero-order valence-electron chi connectivity index (χ0n) is 20.3. The maximum atomic E-state index is 12.9. The molecule has 0 radical (unpaired) electrons. The average Bonchev–Trinajstić information content (AvgIpc) is 2.84. The van der Waals surface area contributed by atoms with Crippen LogP contribution in [0.15, 0.2) is 53.3 Å². The molecule has 0 bridgehead atoms. The van der Waals surface area contributed by atoms with Crippen molar-refractivity contribution in [1.82, 2.24) is 14.8 Å². The Morgan fingerprint density at radius 3 is 2.39 bits per heavy atom. The minimum absolute atomic E-state index is 0.0589. The van der Waals surface area contributed by atoms with Crippen molar-refractivity contribution in [2.24, 2.45) is 0 Å². The largest absolute Gasteiger partial charge is 0.343 e. The van der Waals surface area contributed by atoms with Gasteiger partial charge in [0.25, 0.3) is 5.56 Å². The second-order valence-corrected chi connectivity index (χ2v) is 8.67. The lowest BCUT2D eigenvalue weighted by atomic mass is 10.1. The van der Waals surface area contributed by atoms with E-state index in [0.29, 0.717) is 11.7 Å². The Morgan fingerprint density at radius 1 is 0.939 bits per heavy atom. The minimum Gasteiger partial charge on any atom is -0.343 e. The van der Waals surface area contributed by atoms with Crippen LogP contribution >= 0.6 is 12.2 Å². The van der Waals surface area contributed by atoms with Gasteiger partial charge in [0.1, 0.15) is 0 Å². The number of pyridine rings is 1. The van der Waals surface area contributed by atoms with Crippen LogP contribution in [-0.4, -0.2) is 46.1 Å². The first-order chi connectivity index (χ1) is 16.0. The van der Waals surface area contributed by atoms with Gasteiger partial charge < -0.3 is 20.1 Å². The molecule has 0 unspecified atom stereocenters. The van der Waals surface area contributed by atoms with Gasteiger partial charge in [-0.1, -0.05) is 52.0 Å². The van der Waals surface area contributed by atoms with Gasteiger partial charge in [-0.05, 0) is 78.9 Å². The predicted octanol–water partition coefficient (Wildman–Crippen LogP) is 5.19. The highest BCUT2D eigenvalue weighted by atomic mass is 32.1. The summed E-state index contributed by atoms with van der Waals surface area (Å²) in [5.74, 6) is 0. The van der Waals surface area contributed by atoms with Gasteiger partial charge in [0, 0.05) is 29.9 Å². The molecule has 0 aliphatic carbocycles. The number of para-hydroxylation sites is 1. The summed E-state index contributed by atoms with van der Waals surface area (Å²) >= 11 is 5.85. The Hall–Kier alpha value is -2.70. The van der Waals surface area contributed by atoms with Gasteiger partial charge in [0.05, 0.1) is 6.54 Å². The fourth-order valence-electron chi connectivity index (χ4n) is 4.04. The van der Waals surface area contributed by atoms with E-state index in [1.165, 1.54) is 11.1 Å². The van der Waals surface area contributed by atoms with Gasteiger partial charge in [-0.3, -0.25) is 4.79 Å². The first-order valence-electron chi connectivity index (χ1n) is 12.0. The van der Waals surface area contributed by atoms with Crippen LogP contribution in [0.4, 0.5) is 5.69 Å². The first kappa shape index (κ1) is 24.9. The molecule has 3 rings (SSSR count). The normalized spacial score (nSPS) is 11.2. The van der Waals surface area contributed by atoms with E-state index in [1.54, 1.807) is 0 Å². The number of benzene rings is 2. The van der Waals surface area contributed by atoms with E-state index in [0.717, 1.165) is 61.2 Å². The molecule has 1 heterocycles. The highest BCUT2D eigenvalue weighted by Gasteiger charge is 2.16. The molecule has 6 heteroatoms. The molecule has 0 saturated heterocycles. The van der Waals surface area contributed by atoms with Gasteiger partial charge in [-0.2, -0.15) is 0 Å². The van der Waals surface area contributed by atoms with Crippen LogP contribution in [0.3, 0.4) is 0 Å². The van der Waals surface area contributed by atoms with Gasteiger partial charge in [0.15, 0.2) is 5.11 Å². The van der Waals surface area contributed by atoms with Crippen molar-refractivity contribution in [1.29, 1.82) is 0 Å². The summed E-state index contributed by atoms with van der Waals surface area (Å²) in [6.07, 6.45) is 1.89. The summed E-state index contributed by atoms with van der Waals surface area (Å²) < 4.78 is 0. The zero-order chi connectivity index (χ0) is 23.8. The van der Waals surface area contributed by atoms with Gasteiger partial charge in [-0.25, -0.2) is 0 Å². The quantitative estimate of drug-likeness (QED) is 0.404. The molecule has 176 valence electrons. The Labute approximate surface area is 202 Å². The van der Waals surface area contributed by atoms with Crippen molar-refractivity contribution in [2.75, 3.05) is 31.5 Å². The molecule has 0 atom stereocenters. The predicted molar refractivity (Wildman–Crippen MR) is 144 cm³/mol. The third-order valence-corrected chi connectivity index (χ3v) is 6.62. The third kappa shape index (κ3) is 6.42. The fraction of sp³-hybridized carbons (Fsp3) is 0.407. The number of hydrogen-bond donors (Lipinski definition) is 2. The lowest BCUT2D eigenvalue weighted by Gasteiger charge is -2.29. The molecule has 0 saturated carbocycles. The summed E-state index contributed by atoms with van der Waals surface area (Å²) in [5.41, 5.74) is 5.04. The smallest absolute Gasteiger partial charge is 0.253 e. The first-order valence-corrected chi connectivity index (χ1v) is 12.4. The van der Waals surface area contributed by atoms with E-state index in [4.69, 9.17) is 12.2 Å². The number of aryl methyl sites for hydroxylation is 2. The van der Waals surface area contributed by atoms with E-state index in [9.17, 15) is 4.79 Å². The standard InChI is InChI=1S/C27H36N4OS/c1-5-20-13-14-25-22(17-20)18-23(26(32)28-25)19-31(16-15-30(7-3)8-4)27(33)29-24-12-10-9-11-21(24)6-2/h9-14,17-18H,5-8,15-16,19H2,1-4H3,(H,28,32)(H,29,33). The molecular formula is C27H36N4OS. The molecule has 1 aromatic heterocycles. The highest BCUT2D eigenvalue weighted by molar-refractivity contribution is 7.80. The average molecular weight is 465 g/mol. The Morgan fingerprint density at radius 2 is 1.70 bits per heavy atom. The molecule has 0 aliphatic rings. The molecule has 33 heavy (non-hydrogen) atoms. The fourth-order valence-corrected chi connectivity index (χ4v) is 4.31. The highest BCUT2D eigenvalue weighted by Crippen LogP contribution is 2.18. The second kappa shape index (κ2) is 12.0. The molecule has 2 N–H and O–H groups in total. The number of nitrogens with one attached hydrogen (secondary N) is 2. The van der Waals surface area contributed by atoms with Crippen LogP contribution in [-0.2, 0) is 19.4 Å². The summed E-state index contributed by atoms with van der Waals surface area (Å²) in [6.45, 7) is 12.7. The van der Waals surface area contributed by atoms with Crippen molar-refractivity contribution in [3.8, 4) is 0 Å². The summed E-state index contributed by atoms with van der Waals surface area (Å²) in [5, 5.41) is 5.14. The summed E-state index contributed by atoms with van der Waals surface area (Å²) in [4.78, 5) is 20.4. The number of H-pyrrole nitrogens is 1. The van der Waals surface area contributed by atoms with Crippen LogP contribution in [0.1, 0.15) is 44.4 Å². The number of aromatic amines is 1. The molecule has 3 aromatic rings. The van der Waals surface area contributed by atoms with Crippen molar-refractivity contribution in [3.63, 3.8) is 0 Å². The molecular weight excluding hydrogens is 428 g/mol. The van der Waals surface area contributed by atoms with E-state index in [2.05, 4.69) is 72.1 Å². The number of rotatable bonds is 10.